The van der Waals surface area contributed by atoms with Crippen molar-refractivity contribution >= 4 is 43.2 Å². The van der Waals surface area contributed by atoms with Crippen LogP contribution in [0.15, 0.2) is 32.5 Å². The van der Waals surface area contributed by atoms with Gasteiger partial charge >= 0.3 is 0 Å². The first-order valence-electron chi connectivity index (χ1n) is 5.37. The van der Waals surface area contributed by atoms with E-state index >= 15 is 0 Å². The van der Waals surface area contributed by atoms with Gasteiger partial charge in [0.05, 0.1) is 13.2 Å². The summed E-state index contributed by atoms with van der Waals surface area (Å²) in [5.74, 6) is 0.823. The maximum atomic E-state index is 6.34. The summed E-state index contributed by atoms with van der Waals surface area (Å²) in [4.78, 5) is 1.10. The molecule has 0 bridgehead atoms. The van der Waals surface area contributed by atoms with E-state index in [4.69, 9.17) is 10.5 Å². The minimum absolute atomic E-state index is 0.189. The predicted octanol–water partition coefficient (Wildman–Crippen LogP) is 4.64. The van der Waals surface area contributed by atoms with Crippen LogP contribution in [0.4, 0.5) is 0 Å². The topological polar surface area (TPSA) is 35.2 Å². The van der Waals surface area contributed by atoms with Crippen molar-refractivity contribution in [2.45, 2.75) is 13.0 Å². The monoisotopic (exact) mass is 389 g/mol. The molecular formula is C13H13Br2NOS. The van der Waals surface area contributed by atoms with Gasteiger partial charge in [-0.2, -0.15) is 0 Å². The number of nitrogens with two attached hydrogens (primary N) is 1. The molecule has 2 nitrogen and oxygen atoms in total. The van der Waals surface area contributed by atoms with Crippen molar-refractivity contribution in [1.29, 1.82) is 0 Å². The summed E-state index contributed by atoms with van der Waals surface area (Å²) >= 11 is 8.70. The van der Waals surface area contributed by atoms with Crippen LogP contribution in [0, 0.1) is 6.92 Å². The summed E-state index contributed by atoms with van der Waals surface area (Å²) in [5, 5.41) is 2.02. The molecule has 0 amide bonds. The number of ether oxygens (including phenoxy) is 1. The van der Waals surface area contributed by atoms with Gasteiger partial charge in [-0.3, -0.25) is 0 Å². The molecule has 2 rings (SSSR count). The molecule has 18 heavy (non-hydrogen) atoms. The molecule has 5 heteroatoms. The molecule has 0 aliphatic carbocycles. The molecule has 0 saturated heterocycles. The number of halogens is 2. The molecule has 0 fully saturated rings. The Morgan fingerprint density at radius 2 is 2.00 bits per heavy atom. The number of methoxy groups -OCH3 is 1. The van der Waals surface area contributed by atoms with Crippen LogP contribution in [0.5, 0.6) is 5.75 Å². The highest BCUT2D eigenvalue weighted by atomic mass is 79.9. The highest BCUT2D eigenvalue weighted by molar-refractivity contribution is 9.10. The molecule has 1 unspecified atom stereocenters. The van der Waals surface area contributed by atoms with E-state index in [1.807, 2.05) is 30.5 Å². The van der Waals surface area contributed by atoms with Crippen molar-refractivity contribution in [3.05, 3.63) is 48.5 Å². The fourth-order valence-corrected chi connectivity index (χ4v) is 3.76. The van der Waals surface area contributed by atoms with Crippen LogP contribution in [-0.2, 0) is 0 Å². The van der Waals surface area contributed by atoms with Crippen molar-refractivity contribution < 1.29 is 4.74 Å². The Labute approximate surface area is 127 Å². The lowest BCUT2D eigenvalue weighted by atomic mass is 10.0. The van der Waals surface area contributed by atoms with Crippen molar-refractivity contribution in [2.75, 3.05) is 7.11 Å². The third-order valence-corrected chi connectivity index (χ3v) is 5.58. The summed E-state index contributed by atoms with van der Waals surface area (Å²) < 4.78 is 7.51. The lowest BCUT2D eigenvalue weighted by Gasteiger charge is -2.16. The van der Waals surface area contributed by atoms with Gasteiger partial charge in [-0.1, -0.05) is 15.9 Å². The summed E-state index contributed by atoms with van der Waals surface area (Å²) in [6.45, 7) is 2.03. The molecule has 2 N–H and O–H groups in total. The molecule has 1 aromatic heterocycles. The number of rotatable bonds is 3. The van der Waals surface area contributed by atoms with Gasteiger partial charge in [0.15, 0.2) is 0 Å². The van der Waals surface area contributed by atoms with Crippen molar-refractivity contribution in [1.82, 2.24) is 0 Å². The first kappa shape index (κ1) is 14.1. The van der Waals surface area contributed by atoms with E-state index in [0.29, 0.717) is 0 Å². The van der Waals surface area contributed by atoms with Crippen molar-refractivity contribution in [2.24, 2.45) is 5.73 Å². The number of hydrogen-bond donors (Lipinski definition) is 1. The van der Waals surface area contributed by atoms with Crippen LogP contribution < -0.4 is 10.5 Å². The Morgan fingerprint density at radius 1 is 1.28 bits per heavy atom. The maximum absolute atomic E-state index is 6.34. The van der Waals surface area contributed by atoms with Gasteiger partial charge < -0.3 is 10.5 Å². The van der Waals surface area contributed by atoms with Crippen molar-refractivity contribution in [3.8, 4) is 5.75 Å². The second kappa shape index (κ2) is 5.74. The highest BCUT2D eigenvalue weighted by Gasteiger charge is 2.18. The van der Waals surface area contributed by atoms with E-state index in [1.165, 1.54) is 0 Å². The Balaban J connectivity index is 2.50. The largest absolute Gasteiger partial charge is 0.496 e. The van der Waals surface area contributed by atoms with Crippen LogP contribution in [0.25, 0.3) is 0 Å². The fourth-order valence-electron chi connectivity index (χ4n) is 1.76. The zero-order valence-electron chi connectivity index (χ0n) is 10.0. The molecule has 1 aromatic carbocycles. The van der Waals surface area contributed by atoms with E-state index in [2.05, 4.69) is 31.9 Å². The van der Waals surface area contributed by atoms with Crippen LogP contribution in [0.2, 0.25) is 0 Å². The van der Waals surface area contributed by atoms with Gasteiger partial charge in [0.1, 0.15) is 5.75 Å². The van der Waals surface area contributed by atoms with E-state index in [0.717, 1.165) is 30.7 Å². The zero-order valence-corrected chi connectivity index (χ0v) is 14.0. The Bertz CT molecular complexity index is 568. The molecule has 0 spiro atoms. The van der Waals surface area contributed by atoms with E-state index < -0.39 is 0 Å². The smallest absolute Gasteiger partial charge is 0.124 e. The molecule has 96 valence electrons. The predicted molar refractivity (Wildman–Crippen MR) is 83.5 cm³/mol. The second-order valence-electron chi connectivity index (χ2n) is 3.95. The van der Waals surface area contributed by atoms with Crippen LogP contribution in [0.1, 0.15) is 22.0 Å². The molecule has 1 atom stereocenters. The summed E-state index contributed by atoms with van der Waals surface area (Å²) in [5.41, 5.74) is 8.45. The maximum Gasteiger partial charge on any atom is 0.124 e. The number of benzene rings is 1. The minimum atomic E-state index is -0.189. The molecule has 1 heterocycles. The van der Waals surface area contributed by atoms with Crippen molar-refractivity contribution in [3.63, 3.8) is 0 Å². The third-order valence-electron chi connectivity index (χ3n) is 2.77. The van der Waals surface area contributed by atoms with Crippen LogP contribution in [-0.4, -0.2) is 7.11 Å². The summed E-state index contributed by atoms with van der Waals surface area (Å²) in [7, 11) is 1.67. The molecule has 0 aliphatic heterocycles. The average Bonchev–Trinajstić information content (AvgIpc) is 2.77. The third kappa shape index (κ3) is 2.64. The number of thiophene rings is 1. The standard InChI is InChI=1S/C13H13Br2NOS/c1-7-5-11(17-2)8(6-10(7)15)12(16)13-9(14)3-4-18-13/h3-6,12H,16H2,1-2H3. The zero-order chi connectivity index (χ0) is 13.3. The highest BCUT2D eigenvalue weighted by Crippen LogP contribution is 2.37. The minimum Gasteiger partial charge on any atom is -0.496 e. The van der Waals surface area contributed by atoms with Gasteiger partial charge in [-0.15, -0.1) is 11.3 Å². The van der Waals surface area contributed by atoms with Gasteiger partial charge in [0, 0.05) is 19.4 Å². The van der Waals surface area contributed by atoms with Gasteiger partial charge in [-0.05, 0) is 52.0 Å². The quantitative estimate of drug-likeness (QED) is 0.828. The Morgan fingerprint density at radius 3 is 2.56 bits per heavy atom. The SMILES string of the molecule is COc1cc(C)c(Br)cc1C(N)c1sccc1Br. The average molecular weight is 391 g/mol. The Hall–Kier alpha value is -0.360. The molecule has 0 radical (unpaired) electrons. The number of hydrogen-bond acceptors (Lipinski definition) is 3. The van der Waals surface area contributed by atoms with Gasteiger partial charge in [-0.25, -0.2) is 0 Å². The van der Waals surface area contributed by atoms with E-state index in [9.17, 15) is 0 Å². The van der Waals surface area contributed by atoms with Crippen LogP contribution >= 0.6 is 43.2 Å². The summed E-state index contributed by atoms with van der Waals surface area (Å²) in [6.07, 6.45) is 0. The fraction of sp³-hybridized carbons (Fsp3) is 0.231. The Kier molecular flexibility index (Phi) is 4.48. The molecule has 0 saturated carbocycles. The first-order chi connectivity index (χ1) is 8.54. The molecular weight excluding hydrogens is 378 g/mol. The van der Waals surface area contributed by atoms with E-state index in [-0.39, 0.29) is 6.04 Å². The van der Waals surface area contributed by atoms with E-state index in [1.54, 1.807) is 18.4 Å². The molecule has 0 aliphatic rings. The lowest BCUT2D eigenvalue weighted by Crippen LogP contribution is -2.12. The first-order valence-corrected chi connectivity index (χ1v) is 7.83. The van der Waals surface area contributed by atoms with Crippen LogP contribution in [0.3, 0.4) is 0 Å². The molecule has 2 aromatic rings. The lowest BCUT2D eigenvalue weighted by molar-refractivity contribution is 0.407. The van der Waals surface area contributed by atoms with Gasteiger partial charge in [0.2, 0.25) is 0 Å². The number of aryl methyl sites for hydroxylation is 1. The second-order valence-corrected chi connectivity index (χ2v) is 6.61. The normalized spacial score (nSPS) is 12.5. The van der Waals surface area contributed by atoms with Gasteiger partial charge in [0.25, 0.3) is 0 Å². The summed E-state index contributed by atoms with van der Waals surface area (Å²) in [6, 6.07) is 5.85.